The van der Waals surface area contributed by atoms with Crippen molar-refractivity contribution in [3.05, 3.63) is 54.1 Å². The minimum Gasteiger partial charge on any atom is -0.340 e. The van der Waals surface area contributed by atoms with Gasteiger partial charge in [-0.05, 0) is 25.0 Å². The summed E-state index contributed by atoms with van der Waals surface area (Å²) >= 11 is 0. The largest absolute Gasteiger partial charge is 0.340 e. The van der Waals surface area contributed by atoms with Gasteiger partial charge in [0.1, 0.15) is 12.2 Å². The Bertz CT molecular complexity index is 471. The summed E-state index contributed by atoms with van der Waals surface area (Å²) in [4.78, 5) is 0. The van der Waals surface area contributed by atoms with Crippen molar-refractivity contribution in [2.24, 2.45) is 0 Å². The maximum atomic E-state index is 5.98. The molecule has 0 radical (unpaired) electrons. The van der Waals surface area contributed by atoms with Crippen LogP contribution in [0.15, 0.2) is 48.6 Å². The Balaban J connectivity index is 1.96. The third-order valence-electron chi connectivity index (χ3n) is 3.12. The van der Waals surface area contributed by atoms with Gasteiger partial charge in [-0.25, -0.2) is 0 Å². The fourth-order valence-corrected chi connectivity index (χ4v) is 2.43. The summed E-state index contributed by atoms with van der Waals surface area (Å²) in [6.45, 7) is 3.92. The molecule has 0 saturated carbocycles. The molecule has 3 rings (SSSR count). The van der Waals surface area contributed by atoms with Gasteiger partial charge in [-0.1, -0.05) is 48.6 Å². The minimum absolute atomic E-state index is 0.0115. The minimum atomic E-state index is -0.502. The van der Waals surface area contributed by atoms with Gasteiger partial charge in [-0.3, -0.25) is 0 Å². The average molecular weight is 228 g/mol. The molecule has 1 aromatic rings. The van der Waals surface area contributed by atoms with Crippen LogP contribution < -0.4 is 0 Å². The van der Waals surface area contributed by atoms with Gasteiger partial charge in [-0.2, -0.15) is 0 Å². The van der Waals surface area contributed by atoms with Gasteiger partial charge in [0.15, 0.2) is 5.79 Å². The van der Waals surface area contributed by atoms with Gasteiger partial charge in [0.25, 0.3) is 0 Å². The van der Waals surface area contributed by atoms with Crippen LogP contribution in [0.5, 0.6) is 0 Å². The first kappa shape index (κ1) is 10.8. The Kier molecular flexibility index (Phi) is 2.42. The summed E-state index contributed by atoms with van der Waals surface area (Å²) in [6, 6.07) is 10.3. The Hall–Kier alpha value is -1.38. The van der Waals surface area contributed by atoms with E-state index in [0.717, 1.165) is 0 Å². The van der Waals surface area contributed by atoms with Crippen LogP contribution in [0.4, 0.5) is 0 Å². The van der Waals surface area contributed by atoms with Gasteiger partial charge in [0.05, 0.1) is 0 Å². The molecule has 0 N–H and O–H groups in total. The van der Waals surface area contributed by atoms with Crippen molar-refractivity contribution in [1.29, 1.82) is 0 Å². The fraction of sp³-hybridized carbons (Fsp3) is 0.333. The van der Waals surface area contributed by atoms with Gasteiger partial charge in [-0.15, -0.1) is 0 Å². The zero-order valence-electron chi connectivity index (χ0n) is 10.1. The molecule has 1 aromatic carbocycles. The molecule has 2 nitrogen and oxygen atoms in total. The normalized spacial score (nSPS) is 29.9. The molecular formula is C15H16O2. The molecule has 0 amide bonds. The highest BCUT2D eigenvalue weighted by Gasteiger charge is 2.42. The number of benzene rings is 1. The van der Waals surface area contributed by atoms with E-state index in [2.05, 4.69) is 24.3 Å². The van der Waals surface area contributed by atoms with Crippen LogP contribution >= 0.6 is 0 Å². The second kappa shape index (κ2) is 3.83. The van der Waals surface area contributed by atoms with E-state index in [0.29, 0.717) is 0 Å². The maximum Gasteiger partial charge on any atom is 0.164 e. The standard InChI is InChI=1S/C15H16O2/c1-15(2)16-13-10-6-9-12(14(13)17-15)11-7-4-3-5-8-11/h3-10,13-14H,1-2H3/t13-,14+/m1/s1. The predicted molar refractivity (Wildman–Crippen MR) is 67.4 cm³/mol. The first-order chi connectivity index (χ1) is 8.16. The summed E-state index contributed by atoms with van der Waals surface area (Å²) < 4.78 is 11.8. The molecule has 0 spiro atoms. The van der Waals surface area contributed by atoms with Gasteiger partial charge >= 0.3 is 0 Å². The van der Waals surface area contributed by atoms with Crippen LogP contribution in [0.3, 0.4) is 0 Å². The molecule has 1 aliphatic carbocycles. The molecule has 1 aliphatic heterocycles. The van der Waals surface area contributed by atoms with E-state index >= 15 is 0 Å². The average Bonchev–Trinajstić information content (AvgIpc) is 2.63. The number of fused-ring (bicyclic) bond motifs is 1. The van der Waals surface area contributed by atoms with Crippen molar-refractivity contribution in [2.45, 2.75) is 31.8 Å². The summed E-state index contributed by atoms with van der Waals surface area (Å²) in [5.41, 5.74) is 2.40. The van der Waals surface area contributed by atoms with Gasteiger partial charge < -0.3 is 9.47 Å². The van der Waals surface area contributed by atoms with E-state index in [4.69, 9.17) is 9.47 Å². The first-order valence-electron chi connectivity index (χ1n) is 5.95. The summed E-state index contributed by atoms with van der Waals surface area (Å²) in [7, 11) is 0. The Morgan fingerprint density at radius 1 is 1.06 bits per heavy atom. The number of rotatable bonds is 1. The molecule has 0 unspecified atom stereocenters. The number of allylic oxidation sites excluding steroid dienone is 2. The lowest BCUT2D eigenvalue weighted by Crippen LogP contribution is -2.24. The van der Waals surface area contributed by atoms with E-state index in [1.54, 1.807) is 0 Å². The Morgan fingerprint density at radius 2 is 1.82 bits per heavy atom. The van der Waals surface area contributed by atoms with Crippen LogP contribution in [0.25, 0.3) is 5.57 Å². The van der Waals surface area contributed by atoms with Crippen LogP contribution in [0.2, 0.25) is 0 Å². The molecule has 88 valence electrons. The molecule has 2 aliphatic rings. The van der Waals surface area contributed by atoms with E-state index in [1.165, 1.54) is 11.1 Å². The predicted octanol–water partition coefficient (Wildman–Crippen LogP) is 3.16. The lowest BCUT2D eigenvalue weighted by molar-refractivity contribution is -0.138. The molecule has 1 saturated heterocycles. The van der Waals surface area contributed by atoms with Crippen LogP contribution in [-0.4, -0.2) is 18.0 Å². The van der Waals surface area contributed by atoms with Crippen molar-refractivity contribution in [1.82, 2.24) is 0 Å². The molecule has 2 heteroatoms. The van der Waals surface area contributed by atoms with Crippen molar-refractivity contribution in [3.63, 3.8) is 0 Å². The van der Waals surface area contributed by atoms with E-state index in [-0.39, 0.29) is 12.2 Å². The summed E-state index contributed by atoms with van der Waals surface area (Å²) in [5.74, 6) is -0.502. The van der Waals surface area contributed by atoms with Gasteiger partial charge in [0, 0.05) is 0 Å². The van der Waals surface area contributed by atoms with Crippen molar-refractivity contribution < 1.29 is 9.47 Å². The smallest absolute Gasteiger partial charge is 0.164 e. The number of hydrogen-bond donors (Lipinski definition) is 0. The second-order valence-corrected chi connectivity index (χ2v) is 4.89. The zero-order chi connectivity index (χ0) is 11.9. The van der Waals surface area contributed by atoms with E-state index in [1.807, 2.05) is 38.1 Å². The highest BCUT2D eigenvalue weighted by molar-refractivity contribution is 5.72. The Morgan fingerprint density at radius 3 is 2.59 bits per heavy atom. The van der Waals surface area contributed by atoms with Crippen molar-refractivity contribution >= 4 is 5.57 Å². The molecule has 1 heterocycles. The van der Waals surface area contributed by atoms with Crippen LogP contribution in [0, 0.1) is 0 Å². The molecule has 2 atom stereocenters. The van der Waals surface area contributed by atoms with Crippen LogP contribution in [-0.2, 0) is 9.47 Å². The van der Waals surface area contributed by atoms with Gasteiger partial charge in [0.2, 0.25) is 0 Å². The summed E-state index contributed by atoms with van der Waals surface area (Å²) in [5, 5.41) is 0. The monoisotopic (exact) mass is 228 g/mol. The van der Waals surface area contributed by atoms with E-state index in [9.17, 15) is 0 Å². The Labute approximate surface area is 102 Å². The molecule has 17 heavy (non-hydrogen) atoms. The summed E-state index contributed by atoms with van der Waals surface area (Å²) in [6.07, 6.45) is 6.27. The topological polar surface area (TPSA) is 18.5 Å². The molecule has 0 bridgehead atoms. The lowest BCUT2D eigenvalue weighted by Gasteiger charge is -2.21. The SMILES string of the molecule is CC1(C)O[C@@H]2C=CC=C(c3ccccc3)[C@@H]2O1. The molecule has 1 fully saturated rings. The highest BCUT2D eigenvalue weighted by Crippen LogP contribution is 2.38. The lowest BCUT2D eigenvalue weighted by atomic mass is 9.93. The quantitative estimate of drug-likeness (QED) is 0.735. The first-order valence-corrected chi connectivity index (χ1v) is 5.95. The molecule has 0 aromatic heterocycles. The second-order valence-electron chi connectivity index (χ2n) is 4.89. The third-order valence-corrected chi connectivity index (χ3v) is 3.12. The zero-order valence-corrected chi connectivity index (χ0v) is 10.1. The maximum absolute atomic E-state index is 5.98. The molecular weight excluding hydrogens is 212 g/mol. The van der Waals surface area contributed by atoms with Crippen molar-refractivity contribution in [2.75, 3.05) is 0 Å². The third kappa shape index (κ3) is 1.94. The number of hydrogen-bond acceptors (Lipinski definition) is 2. The number of ether oxygens (including phenoxy) is 2. The fourth-order valence-electron chi connectivity index (χ4n) is 2.43. The highest BCUT2D eigenvalue weighted by atomic mass is 16.7. The van der Waals surface area contributed by atoms with Crippen molar-refractivity contribution in [3.8, 4) is 0 Å². The van der Waals surface area contributed by atoms with E-state index < -0.39 is 5.79 Å². The van der Waals surface area contributed by atoms with Crippen LogP contribution in [0.1, 0.15) is 19.4 Å².